The van der Waals surface area contributed by atoms with Crippen LogP contribution in [-0.4, -0.2) is 0 Å². The van der Waals surface area contributed by atoms with E-state index in [0.29, 0.717) is 5.56 Å². The highest BCUT2D eigenvalue weighted by molar-refractivity contribution is 5.21. The van der Waals surface area contributed by atoms with Gasteiger partial charge in [0.05, 0.1) is 0 Å². The van der Waals surface area contributed by atoms with Crippen LogP contribution in [0.5, 0.6) is 0 Å². The van der Waals surface area contributed by atoms with Crippen molar-refractivity contribution in [1.82, 2.24) is 0 Å². The molecule has 1 rings (SSSR count). The van der Waals surface area contributed by atoms with Crippen molar-refractivity contribution in [2.45, 2.75) is 32.7 Å². The molecule has 0 saturated carbocycles. The molecule has 3 heteroatoms. The predicted molar refractivity (Wildman–Crippen MR) is 57.4 cm³/mol. The Hall–Kier alpha value is -0.960. The van der Waals surface area contributed by atoms with Crippen molar-refractivity contribution < 1.29 is 8.78 Å². The summed E-state index contributed by atoms with van der Waals surface area (Å²) in [5.74, 6) is -0.857. The van der Waals surface area contributed by atoms with Crippen molar-refractivity contribution in [3.63, 3.8) is 0 Å². The van der Waals surface area contributed by atoms with E-state index in [1.54, 1.807) is 0 Å². The summed E-state index contributed by atoms with van der Waals surface area (Å²) in [5.41, 5.74) is 6.51. The third kappa shape index (κ3) is 2.99. The van der Waals surface area contributed by atoms with E-state index in [1.165, 1.54) is 12.1 Å². The molecule has 84 valence electrons. The fraction of sp³-hybridized carbons (Fsp3) is 0.500. The van der Waals surface area contributed by atoms with Crippen LogP contribution in [0.15, 0.2) is 18.2 Å². The van der Waals surface area contributed by atoms with E-state index in [-0.39, 0.29) is 12.0 Å². The monoisotopic (exact) mass is 213 g/mol. The predicted octanol–water partition coefficient (Wildman–Crippen LogP) is 3.40. The molecule has 0 spiro atoms. The fourth-order valence-electron chi connectivity index (χ4n) is 1.84. The van der Waals surface area contributed by atoms with Crippen LogP contribution in [-0.2, 0) is 0 Å². The second-order valence-corrected chi connectivity index (χ2v) is 3.81. The van der Waals surface area contributed by atoms with Crippen molar-refractivity contribution in [3.8, 4) is 0 Å². The summed E-state index contributed by atoms with van der Waals surface area (Å²) >= 11 is 0. The average Bonchev–Trinajstić information content (AvgIpc) is 2.18. The van der Waals surface area contributed by atoms with Gasteiger partial charge in [0.25, 0.3) is 0 Å². The molecule has 0 aromatic heterocycles. The average molecular weight is 213 g/mol. The van der Waals surface area contributed by atoms with Gasteiger partial charge in [-0.2, -0.15) is 0 Å². The maximum Gasteiger partial charge on any atom is 0.126 e. The molecule has 2 N–H and O–H groups in total. The minimum absolute atomic E-state index is 0.270. The zero-order valence-corrected chi connectivity index (χ0v) is 9.13. The molecule has 0 aliphatic heterocycles. The van der Waals surface area contributed by atoms with Gasteiger partial charge >= 0.3 is 0 Å². The topological polar surface area (TPSA) is 26.0 Å². The minimum Gasteiger partial charge on any atom is -0.324 e. The van der Waals surface area contributed by atoms with E-state index in [0.717, 1.165) is 18.9 Å². The Morgan fingerprint density at radius 3 is 1.93 bits per heavy atom. The molecule has 0 heterocycles. The van der Waals surface area contributed by atoms with E-state index in [2.05, 4.69) is 0 Å². The van der Waals surface area contributed by atoms with Crippen LogP contribution in [0, 0.1) is 17.6 Å². The van der Waals surface area contributed by atoms with Gasteiger partial charge in [0.15, 0.2) is 0 Å². The molecule has 0 aliphatic rings. The summed E-state index contributed by atoms with van der Waals surface area (Å²) in [6.45, 7) is 4.06. The van der Waals surface area contributed by atoms with Crippen molar-refractivity contribution in [2.75, 3.05) is 0 Å². The Bertz CT molecular complexity index is 301. The molecule has 1 aromatic carbocycles. The van der Waals surface area contributed by atoms with Crippen LogP contribution in [0.4, 0.5) is 8.78 Å². The lowest BCUT2D eigenvalue weighted by molar-refractivity contribution is 0.402. The summed E-state index contributed by atoms with van der Waals surface area (Å²) in [6.07, 6.45) is 1.82. The first-order valence-corrected chi connectivity index (χ1v) is 5.30. The molecular formula is C12H17F2N. The number of nitrogens with two attached hydrogens (primary N) is 1. The van der Waals surface area contributed by atoms with Gasteiger partial charge in [0.1, 0.15) is 11.6 Å². The van der Waals surface area contributed by atoms with Gasteiger partial charge in [-0.15, -0.1) is 0 Å². The van der Waals surface area contributed by atoms with Crippen LogP contribution in [0.3, 0.4) is 0 Å². The van der Waals surface area contributed by atoms with E-state index in [1.807, 2.05) is 13.8 Å². The first-order chi connectivity index (χ1) is 7.08. The quantitative estimate of drug-likeness (QED) is 0.815. The molecule has 0 fully saturated rings. The summed E-state index contributed by atoms with van der Waals surface area (Å²) in [5, 5.41) is 0. The lowest BCUT2D eigenvalue weighted by atomic mass is 9.89. The Morgan fingerprint density at radius 1 is 1.07 bits per heavy atom. The normalized spacial score (nSPS) is 13.2. The van der Waals surface area contributed by atoms with Crippen LogP contribution < -0.4 is 5.73 Å². The van der Waals surface area contributed by atoms with Gasteiger partial charge < -0.3 is 5.73 Å². The van der Waals surface area contributed by atoms with Gasteiger partial charge in [0.2, 0.25) is 0 Å². The number of hydrogen-bond donors (Lipinski definition) is 1. The van der Waals surface area contributed by atoms with Crippen molar-refractivity contribution in [2.24, 2.45) is 11.7 Å². The maximum atomic E-state index is 13.0. The Labute approximate surface area is 89.3 Å². The highest BCUT2D eigenvalue weighted by atomic mass is 19.1. The van der Waals surface area contributed by atoms with Gasteiger partial charge in [-0.25, -0.2) is 8.78 Å². The zero-order chi connectivity index (χ0) is 11.4. The first-order valence-electron chi connectivity index (χ1n) is 5.30. The van der Waals surface area contributed by atoms with Crippen molar-refractivity contribution in [1.29, 1.82) is 0 Å². The number of benzene rings is 1. The summed E-state index contributed by atoms with van der Waals surface area (Å²) in [6, 6.07) is 3.20. The largest absolute Gasteiger partial charge is 0.324 e. The van der Waals surface area contributed by atoms with Crippen LogP contribution in [0.25, 0.3) is 0 Å². The highest BCUT2D eigenvalue weighted by Gasteiger charge is 2.17. The van der Waals surface area contributed by atoms with Gasteiger partial charge in [0, 0.05) is 12.1 Å². The molecule has 0 radical (unpaired) electrons. The molecule has 1 aromatic rings. The number of rotatable bonds is 4. The van der Waals surface area contributed by atoms with Crippen LogP contribution in [0.2, 0.25) is 0 Å². The third-order valence-corrected chi connectivity index (χ3v) is 2.83. The maximum absolute atomic E-state index is 13.0. The molecule has 1 nitrogen and oxygen atoms in total. The van der Waals surface area contributed by atoms with E-state index < -0.39 is 11.6 Å². The zero-order valence-electron chi connectivity index (χ0n) is 9.13. The number of halogens is 2. The van der Waals surface area contributed by atoms with Gasteiger partial charge in [-0.1, -0.05) is 26.7 Å². The highest BCUT2D eigenvalue weighted by Crippen LogP contribution is 2.25. The molecule has 0 saturated heterocycles. The second-order valence-electron chi connectivity index (χ2n) is 3.81. The Morgan fingerprint density at radius 2 is 1.53 bits per heavy atom. The van der Waals surface area contributed by atoms with E-state index in [9.17, 15) is 8.78 Å². The molecule has 0 bridgehead atoms. The lowest BCUT2D eigenvalue weighted by Gasteiger charge is -2.21. The van der Waals surface area contributed by atoms with Crippen LogP contribution in [0.1, 0.15) is 38.3 Å². The Balaban J connectivity index is 2.94. The molecule has 0 aliphatic carbocycles. The molecule has 1 unspecified atom stereocenters. The summed E-state index contributed by atoms with van der Waals surface area (Å²) < 4.78 is 25.9. The van der Waals surface area contributed by atoms with Crippen molar-refractivity contribution in [3.05, 3.63) is 35.4 Å². The van der Waals surface area contributed by atoms with E-state index >= 15 is 0 Å². The third-order valence-electron chi connectivity index (χ3n) is 2.83. The Kier molecular flexibility index (Phi) is 4.21. The smallest absolute Gasteiger partial charge is 0.126 e. The minimum atomic E-state index is -0.564. The molecule has 15 heavy (non-hydrogen) atoms. The van der Waals surface area contributed by atoms with Gasteiger partial charge in [-0.3, -0.25) is 0 Å². The summed E-state index contributed by atoms with van der Waals surface area (Å²) in [7, 11) is 0. The standard InChI is InChI=1S/C12H17F2N/c1-3-8(4-2)12(15)9-5-10(13)7-11(14)6-9/h5-8,12H,3-4,15H2,1-2H3. The van der Waals surface area contributed by atoms with E-state index in [4.69, 9.17) is 5.73 Å². The molecular weight excluding hydrogens is 196 g/mol. The SMILES string of the molecule is CCC(CC)C(N)c1cc(F)cc(F)c1. The molecule has 0 amide bonds. The van der Waals surface area contributed by atoms with Crippen molar-refractivity contribution >= 4 is 0 Å². The number of hydrogen-bond acceptors (Lipinski definition) is 1. The first kappa shape index (κ1) is 12.1. The van der Waals surface area contributed by atoms with Gasteiger partial charge in [-0.05, 0) is 23.6 Å². The van der Waals surface area contributed by atoms with Crippen LogP contribution >= 0.6 is 0 Å². The second kappa shape index (κ2) is 5.21. The molecule has 1 atom stereocenters. The lowest BCUT2D eigenvalue weighted by Crippen LogP contribution is -2.20. The summed E-state index contributed by atoms with van der Waals surface area (Å²) in [4.78, 5) is 0. The fourth-order valence-corrected chi connectivity index (χ4v) is 1.84.